The number of oxime groups is 1. The van der Waals surface area contributed by atoms with Crippen LogP contribution in [0.5, 0.6) is 0 Å². The van der Waals surface area contributed by atoms with Crippen LogP contribution in [0.2, 0.25) is 0 Å². The maximum Gasteiger partial charge on any atom is 0.358 e. The monoisotopic (exact) mass is 539 g/mol. The number of thioether (sulfide) groups is 1. The number of nitrogens with zero attached hydrogens (tertiary/aromatic N) is 3. The van der Waals surface area contributed by atoms with Gasteiger partial charge in [-0.1, -0.05) is 17.3 Å². The van der Waals surface area contributed by atoms with E-state index in [0.29, 0.717) is 17.9 Å². The van der Waals surface area contributed by atoms with Gasteiger partial charge in [-0.25, -0.2) is 9.78 Å². The van der Waals surface area contributed by atoms with Crippen molar-refractivity contribution >= 4 is 57.7 Å². The molecule has 36 heavy (non-hydrogen) atoms. The molecule has 0 bridgehead atoms. The second-order valence-corrected chi connectivity index (χ2v) is 9.36. The highest BCUT2D eigenvalue weighted by molar-refractivity contribution is 8.00. The highest BCUT2D eigenvalue weighted by Crippen LogP contribution is 2.41. The van der Waals surface area contributed by atoms with Crippen molar-refractivity contribution in [3.63, 3.8) is 0 Å². The number of fused-ring (bicyclic) bond motifs is 1. The molecule has 0 radical (unpaired) electrons. The first-order valence-corrected chi connectivity index (χ1v) is 12.5. The summed E-state index contributed by atoms with van der Waals surface area (Å²) in [7, 11) is 2.79. The number of amides is 2. The summed E-state index contributed by atoms with van der Waals surface area (Å²) in [6.45, 7) is 2.86. The predicted molar refractivity (Wildman–Crippen MR) is 130 cm³/mol. The second kappa shape index (κ2) is 12.0. The number of nitrogens with one attached hydrogen (secondary N) is 1. The SMILES string of the molecule is COC/C=C\C1=C(C(=O)OC(C)OC(C)=O)N2C(=O)C(NC(=O)/C(=N\OC)c3csc(N)n3)[C@H]2SC1. The molecule has 1 aromatic rings. The number of thiazole rings is 1. The summed E-state index contributed by atoms with van der Waals surface area (Å²) in [5.41, 5.74) is 6.22. The van der Waals surface area contributed by atoms with Crippen LogP contribution in [0.3, 0.4) is 0 Å². The smallest absolute Gasteiger partial charge is 0.358 e. The third kappa shape index (κ3) is 6.03. The quantitative estimate of drug-likeness (QED) is 0.138. The molecular formula is C21H25N5O8S2. The van der Waals surface area contributed by atoms with Crippen LogP contribution in [-0.2, 0) is 38.2 Å². The molecule has 1 saturated heterocycles. The number of methoxy groups -OCH3 is 1. The number of rotatable bonds is 10. The number of carbonyl (C=O) groups is 4. The molecule has 2 aliphatic heterocycles. The highest BCUT2D eigenvalue weighted by Gasteiger charge is 2.54. The number of β-lactam (4-membered cyclic amide) rings is 1. The van der Waals surface area contributed by atoms with Crippen LogP contribution >= 0.6 is 23.1 Å². The Labute approximate surface area is 214 Å². The predicted octanol–water partition coefficient (Wildman–Crippen LogP) is 0.385. The Morgan fingerprint density at radius 3 is 2.72 bits per heavy atom. The molecule has 3 heterocycles. The van der Waals surface area contributed by atoms with Crippen molar-refractivity contribution in [2.75, 3.05) is 32.3 Å². The van der Waals surface area contributed by atoms with E-state index in [-0.39, 0.29) is 22.2 Å². The molecule has 0 aromatic carbocycles. The average molecular weight is 540 g/mol. The number of ether oxygens (including phenoxy) is 3. The number of hydrogen-bond acceptors (Lipinski definition) is 13. The Hall–Kier alpha value is -3.43. The van der Waals surface area contributed by atoms with Gasteiger partial charge in [0.1, 0.15) is 29.9 Å². The van der Waals surface area contributed by atoms with E-state index in [1.54, 1.807) is 12.2 Å². The van der Waals surface area contributed by atoms with E-state index in [9.17, 15) is 19.2 Å². The lowest BCUT2D eigenvalue weighted by atomic mass is 10.0. The standard InChI is InChI=1S/C21H25N5O8S2/c1-10(27)33-11(2)34-20(30)16-12(6-5-7-31-3)8-35-19-15(18(29)26(16)19)24-17(28)14(25-32-4)13-9-36-21(22)23-13/h5-6,9,11,15,19H,7-8H2,1-4H3,(H2,22,23)(H,24,28)/b6-5-,25-14-/t11?,15?,19-/m1/s1. The van der Waals surface area contributed by atoms with Gasteiger partial charge in [-0.05, 0) is 5.57 Å². The fourth-order valence-electron chi connectivity index (χ4n) is 3.41. The first-order chi connectivity index (χ1) is 17.2. The van der Waals surface area contributed by atoms with Crippen LogP contribution in [0.25, 0.3) is 0 Å². The maximum absolute atomic E-state index is 13.1. The van der Waals surface area contributed by atoms with Gasteiger partial charge in [0.15, 0.2) is 10.8 Å². The van der Waals surface area contributed by atoms with Crippen LogP contribution in [0.15, 0.2) is 34.0 Å². The van der Waals surface area contributed by atoms with Gasteiger partial charge in [-0.15, -0.1) is 23.1 Å². The van der Waals surface area contributed by atoms with Gasteiger partial charge >= 0.3 is 11.9 Å². The molecule has 1 aromatic heterocycles. The minimum absolute atomic E-state index is 0.00124. The van der Waals surface area contributed by atoms with Crippen LogP contribution in [0, 0.1) is 0 Å². The summed E-state index contributed by atoms with van der Waals surface area (Å²) < 4.78 is 15.1. The second-order valence-electron chi connectivity index (χ2n) is 7.37. The number of anilines is 1. The van der Waals surface area contributed by atoms with E-state index in [1.807, 2.05) is 0 Å². The van der Waals surface area contributed by atoms with Crippen LogP contribution in [0.4, 0.5) is 5.13 Å². The number of hydrogen-bond donors (Lipinski definition) is 2. The lowest BCUT2D eigenvalue weighted by molar-refractivity contribution is -0.182. The molecule has 15 heteroatoms. The molecule has 2 aliphatic rings. The first kappa shape index (κ1) is 27.2. The van der Waals surface area contributed by atoms with Crippen molar-refractivity contribution in [1.82, 2.24) is 15.2 Å². The average Bonchev–Trinajstić information content (AvgIpc) is 3.25. The normalized spacial score (nSPS) is 20.5. The molecular weight excluding hydrogens is 514 g/mol. The van der Waals surface area contributed by atoms with Crippen molar-refractivity contribution in [2.24, 2.45) is 5.16 Å². The van der Waals surface area contributed by atoms with Gasteiger partial charge in [0, 0.05) is 32.1 Å². The minimum Gasteiger partial charge on any atom is -0.426 e. The molecule has 0 aliphatic carbocycles. The summed E-state index contributed by atoms with van der Waals surface area (Å²) in [4.78, 5) is 60.3. The molecule has 1 fully saturated rings. The van der Waals surface area contributed by atoms with Gasteiger partial charge in [0.2, 0.25) is 6.29 Å². The van der Waals surface area contributed by atoms with Crippen molar-refractivity contribution in [1.29, 1.82) is 0 Å². The van der Waals surface area contributed by atoms with E-state index < -0.39 is 41.5 Å². The summed E-state index contributed by atoms with van der Waals surface area (Å²) >= 11 is 2.47. The zero-order valence-corrected chi connectivity index (χ0v) is 21.5. The molecule has 0 saturated carbocycles. The molecule has 3 N–H and O–H groups in total. The van der Waals surface area contributed by atoms with Gasteiger partial charge < -0.3 is 30.1 Å². The summed E-state index contributed by atoms with van der Waals surface area (Å²) in [6, 6.07) is -0.946. The molecule has 3 atom stereocenters. The molecule has 3 rings (SSSR count). The summed E-state index contributed by atoms with van der Waals surface area (Å²) in [5.74, 6) is -2.35. The fourth-order valence-corrected chi connectivity index (χ4v) is 5.28. The number of nitrogen functional groups attached to an aromatic ring is 1. The summed E-state index contributed by atoms with van der Waals surface area (Å²) in [5, 5.41) is 7.54. The van der Waals surface area contributed by atoms with E-state index in [4.69, 9.17) is 24.8 Å². The highest BCUT2D eigenvalue weighted by atomic mass is 32.2. The van der Waals surface area contributed by atoms with Gasteiger partial charge in [0.05, 0.1) is 6.61 Å². The number of nitrogens with two attached hydrogens (primary N) is 1. The van der Waals surface area contributed by atoms with E-state index >= 15 is 0 Å². The van der Waals surface area contributed by atoms with Gasteiger partial charge in [-0.3, -0.25) is 19.3 Å². The Morgan fingerprint density at radius 2 is 2.11 bits per heavy atom. The molecule has 0 spiro atoms. The van der Waals surface area contributed by atoms with Crippen LogP contribution in [0.1, 0.15) is 19.5 Å². The first-order valence-electron chi connectivity index (χ1n) is 10.5. The fraction of sp³-hybridized carbons (Fsp3) is 0.429. The Bertz CT molecular complexity index is 1130. The lowest BCUT2D eigenvalue weighted by Gasteiger charge is -2.49. The third-order valence-electron chi connectivity index (χ3n) is 4.83. The number of carbonyl (C=O) groups excluding carboxylic acids is 4. The van der Waals surface area contributed by atoms with Crippen molar-refractivity contribution < 1.29 is 38.2 Å². The third-order valence-corrected chi connectivity index (χ3v) is 6.80. The molecule has 194 valence electrons. The Balaban J connectivity index is 1.82. The van der Waals surface area contributed by atoms with Gasteiger partial charge in [0.25, 0.3) is 11.8 Å². The van der Waals surface area contributed by atoms with E-state index in [1.165, 1.54) is 50.1 Å². The lowest BCUT2D eigenvalue weighted by Crippen LogP contribution is -2.71. The van der Waals surface area contributed by atoms with Crippen molar-refractivity contribution in [3.05, 3.63) is 34.5 Å². The number of aromatic nitrogens is 1. The number of allylic oxidation sites excluding steroid dienone is 1. The maximum atomic E-state index is 13.1. The van der Waals surface area contributed by atoms with Gasteiger partial charge in [-0.2, -0.15) is 0 Å². The Kier molecular flexibility index (Phi) is 9.06. The minimum atomic E-state index is -1.16. The number of esters is 2. The Morgan fingerprint density at radius 1 is 1.36 bits per heavy atom. The zero-order chi connectivity index (χ0) is 26.4. The zero-order valence-electron chi connectivity index (χ0n) is 19.9. The van der Waals surface area contributed by atoms with E-state index in [2.05, 4.69) is 15.5 Å². The van der Waals surface area contributed by atoms with Crippen LogP contribution < -0.4 is 11.1 Å². The van der Waals surface area contributed by atoms with E-state index in [0.717, 1.165) is 11.3 Å². The molecule has 2 amide bonds. The largest absolute Gasteiger partial charge is 0.426 e. The van der Waals surface area contributed by atoms with Crippen molar-refractivity contribution in [2.45, 2.75) is 31.6 Å². The topological polar surface area (TPSA) is 172 Å². The molecule has 13 nitrogen and oxygen atoms in total. The van der Waals surface area contributed by atoms with Crippen molar-refractivity contribution in [3.8, 4) is 0 Å². The summed E-state index contributed by atoms with van der Waals surface area (Å²) in [6.07, 6.45) is 2.19. The molecule has 2 unspecified atom stereocenters. The van der Waals surface area contributed by atoms with Crippen LogP contribution in [-0.4, -0.2) is 83.6 Å².